The Morgan fingerprint density at radius 3 is 2.65 bits per heavy atom. The van der Waals surface area contributed by atoms with Gasteiger partial charge in [0.15, 0.2) is 0 Å². The predicted octanol–water partition coefficient (Wildman–Crippen LogP) is 1.20. The summed E-state index contributed by atoms with van der Waals surface area (Å²) in [4.78, 5) is 11.8. The van der Waals surface area contributed by atoms with Crippen LogP contribution in [0.15, 0.2) is 0 Å². The van der Waals surface area contributed by atoms with Gasteiger partial charge < -0.3 is 15.4 Å². The van der Waals surface area contributed by atoms with Gasteiger partial charge in [0.05, 0.1) is 12.1 Å². The first-order valence-electron chi connectivity index (χ1n) is 6.78. The number of hydrogen-bond acceptors (Lipinski definition) is 3. The van der Waals surface area contributed by atoms with Gasteiger partial charge in [0.25, 0.3) is 0 Å². The molecule has 2 N–H and O–H groups in total. The third-order valence-electron chi connectivity index (χ3n) is 3.76. The highest BCUT2D eigenvalue weighted by molar-refractivity contribution is 5.81. The third kappa shape index (κ3) is 3.96. The molecule has 2 saturated carbocycles. The summed E-state index contributed by atoms with van der Waals surface area (Å²) in [5.41, 5.74) is 0. The summed E-state index contributed by atoms with van der Waals surface area (Å²) in [6.45, 7) is 1.95. The largest absolute Gasteiger partial charge is 0.381 e. The molecule has 3 unspecified atom stereocenters. The van der Waals surface area contributed by atoms with Gasteiger partial charge >= 0.3 is 0 Å². The fourth-order valence-corrected chi connectivity index (χ4v) is 2.49. The minimum Gasteiger partial charge on any atom is -0.381 e. The van der Waals surface area contributed by atoms with Crippen LogP contribution in [0.25, 0.3) is 0 Å². The first-order valence-corrected chi connectivity index (χ1v) is 6.78. The maximum Gasteiger partial charge on any atom is 0.237 e. The van der Waals surface area contributed by atoms with Crippen LogP contribution in [0.3, 0.4) is 0 Å². The molecule has 0 aromatic heterocycles. The first-order chi connectivity index (χ1) is 8.19. The Balaban J connectivity index is 1.72. The van der Waals surface area contributed by atoms with E-state index in [0.717, 1.165) is 32.1 Å². The average molecular weight is 240 g/mol. The lowest BCUT2D eigenvalue weighted by atomic mass is 9.92. The molecule has 0 heterocycles. The van der Waals surface area contributed by atoms with Crippen molar-refractivity contribution >= 4 is 5.91 Å². The number of amides is 1. The fourth-order valence-electron chi connectivity index (χ4n) is 2.49. The van der Waals surface area contributed by atoms with Crippen molar-refractivity contribution in [2.45, 2.75) is 69.7 Å². The van der Waals surface area contributed by atoms with E-state index in [4.69, 9.17) is 4.74 Å². The van der Waals surface area contributed by atoms with E-state index >= 15 is 0 Å². The molecule has 17 heavy (non-hydrogen) atoms. The summed E-state index contributed by atoms with van der Waals surface area (Å²) in [5, 5.41) is 6.46. The van der Waals surface area contributed by atoms with Gasteiger partial charge in [-0.05, 0) is 45.4 Å². The lowest BCUT2D eigenvalue weighted by Gasteiger charge is -2.30. The van der Waals surface area contributed by atoms with E-state index in [1.165, 1.54) is 6.42 Å². The molecule has 0 aliphatic heterocycles. The van der Waals surface area contributed by atoms with Gasteiger partial charge in [-0.25, -0.2) is 0 Å². The van der Waals surface area contributed by atoms with E-state index in [0.29, 0.717) is 18.2 Å². The molecule has 98 valence electrons. The smallest absolute Gasteiger partial charge is 0.237 e. The number of carbonyl (C=O) groups excluding carboxylic acids is 1. The highest BCUT2D eigenvalue weighted by atomic mass is 16.5. The molecular weight excluding hydrogens is 216 g/mol. The third-order valence-corrected chi connectivity index (χ3v) is 3.76. The van der Waals surface area contributed by atoms with Crippen molar-refractivity contribution in [3.05, 3.63) is 0 Å². The van der Waals surface area contributed by atoms with Crippen molar-refractivity contribution in [3.63, 3.8) is 0 Å². The molecule has 2 rings (SSSR count). The van der Waals surface area contributed by atoms with Crippen LogP contribution in [0.1, 0.15) is 45.4 Å². The highest BCUT2D eigenvalue weighted by Gasteiger charge is 2.28. The quantitative estimate of drug-likeness (QED) is 0.759. The summed E-state index contributed by atoms with van der Waals surface area (Å²) in [5.74, 6) is 0.145. The Kier molecular flexibility index (Phi) is 4.40. The molecule has 4 nitrogen and oxygen atoms in total. The molecular formula is C13H24N2O2. The topological polar surface area (TPSA) is 50.4 Å². The van der Waals surface area contributed by atoms with Gasteiger partial charge in [0, 0.05) is 19.2 Å². The number of ether oxygens (including phenoxy) is 1. The number of rotatable bonds is 5. The summed E-state index contributed by atoms with van der Waals surface area (Å²) in [7, 11) is 1.77. The van der Waals surface area contributed by atoms with E-state index in [2.05, 4.69) is 10.6 Å². The van der Waals surface area contributed by atoms with Gasteiger partial charge in [0.1, 0.15) is 0 Å². The van der Waals surface area contributed by atoms with Crippen LogP contribution in [0.5, 0.6) is 0 Å². The predicted molar refractivity (Wildman–Crippen MR) is 66.8 cm³/mol. The average Bonchev–Trinajstić information content (AvgIpc) is 3.13. The van der Waals surface area contributed by atoms with E-state index < -0.39 is 0 Å². The zero-order chi connectivity index (χ0) is 12.3. The van der Waals surface area contributed by atoms with Crippen molar-refractivity contribution < 1.29 is 9.53 Å². The molecule has 2 fully saturated rings. The van der Waals surface area contributed by atoms with Crippen LogP contribution < -0.4 is 10.6 Å². The second-order valence-electron chi connectivity index (χ2n) is 5.39. The van der Waals surface area contributed by atoms with Crippen LogP contribution in [-0.4, -0.2) is 37.2 Å². The standard InChI is InChI=1S/C13H24N2O2/c1-9(13(16)15-10-6-7-10)14-11-4-3-5-12(8-11)17-2/h9-12,14H,3-8H2,1-2H3,(H,15,16). The van der Waals surface area contributed by atoms with Gasteiger partial charge in [-0.3, -0.25) is 4.79 Å². The van der Waals surface area contributed by atoms with Crippen LogP contribution in [-0.2, 0) is 9.53 Å². The molecule has 4 heteroatoms. The molecule has 2 aliphatic carbocycles. The highest BCUT2D eigenvalue weighted by Crippen LogP contribution is 2.21. The SMILES string of the molecule is COC1CCCC(NC(C)C(=O)NC2CC2)C1. The van der Waals surface area contributed by atoms with E-state index in [9.17, 15) is 4.79 Å². The van der Waals surface area contributed by atoms with Crippen LogP contribution in [0.2, 0.25) is 0 Å². The van der Waals surface area contributed by atoms with Crippen molar-refractivity contribution in [2.75, 3.05) is 7.11 Å². The van der Waals surface area contributed by atoms with Gasteiger partial charge in [-0.15, -0.1) is 0 Å². The summed E-state index contributed by atoms with van der Waals surface area (Å²) < 4.78 is 5.40. The molecule has 2 aliphatic rings. The summed E-state index contributed by atoms with van der Waals surface area (Å²) >= 11 is 0. The molecule has 0 bridgehead atoms. The monoisotopic (exact) mass is 240 g/mol. The Bertz CT molecular complexity index is 266. The summed E-state index contributed by atoms with van der Waals surface area (Å²) in [6.07, 6.45) is 7.17. The van der Waals surface area contributed by atoms with Gasteiger partial charge in [-0.1, -0.05) is 0 Å². The fraction of sp³-hybridized carbons (Fsp3) is 0.923. The van der Waals surface area contributed by atoms with Gasteiger partial charge in [-0.2, -0.15) is 0 Å². The molecule has 3 atom stereocenters. The molecule has 0 spiro atoms. The Labute approximate surface area is 103 Å². The number of hydrogen-bond donors (Lipinski definition) is 2. The lowest BCUT2D eigenvalue weighted by Crippen LogP contribution is -2.49. The second-order valence-corrected chi connectivity index (χ2v) is 5.39. The Hall–Kier alpha value is -0.610. The zero-order valence-corrected chi connectivity index (χ0v) is 10.9. The zero-order valence-electron chi connectivity index (χ0n) is 10.9. The van der Waals surface area contributed by atoms with E-state index in [1.54, 1.807) is 7.11 Å². The van der Waals surface area contributed by atoms with Crippen LogP contribution >= 0.6 is 0 Å². The second kappa shape index (κ2) is 5.83. The maximum absolute atomic E-state index is 11.8. The van der Waals surface area contributed by atoms with Crippen LogP contribution in [0, 0.1) is 0 Å². The minimum atomic E-state index is -0.0868. The Morgan fingerprint density at radius 1 is 1.24 bits per heavy atom. The van der Waals surface area contributed by atoms with Crippen LogP contribution in [0.4, 0.5) is 0 Å². The lowest BCUT2D eigenvalue weighted by molar-refractivity contribution is -0.123. The van der Waals surface area contributed by atoms with E-state index in [1.807, 2.05) is 6.92 Å². The maximum atomic E-state index is 11.8. The molecule has 1 amide bonds. The number of nitrogens with one attached hydrogen (secondary N) is 2. The molecule has 0 aromatic carbocycles. The molecule has 0 aromatic rings. The molecule has 0 radical (unpaired) electrons. The Morgan fingerprint density at radius 2 is 2.00 bits per heavy atom. The van der Waals surface area contributed by atoms with E-state index in [-0.39, 0.29) is 11.9 Å². The number of carbonyl (C=O) groups is 1. The number of methoxy groups -OCH3 is 1. The molecule has 0 saturated heterocycles. The minimum absolute atomic E-state index is 0.0868. The van der Waals surface area contributed by atoms with Gasteiger partial charge in [0.2, 0.25) is 5.91 Å². The normalized spacial score (nSPS) is 30.9. The first kappa shape index (κ1) is 12.8. The van der Waals surface area contributed by atoms with Crippen molar-refractivity contribution in [1.82, 2.24) is 10.6 Å². The van der Waals surface area contributed by atoms with Crippen molar-refractivity contribution in [3.8, 4) is 0 Å². The van der Waals surface area contributed by atoms with Crippen molar-refractivity contribution in [2.24, 2.45) is 0 Å². The summed E-state index contributed by atoms with van der Waals surface area (Å²) in [6, 6.07) is 0.787. The van der Waals surface area contributed by atoms with Crippen molar-refractivity contribution in [1.29, 1.82) is 0 Å².